The molecule has 100 valence electrons. The molecule has 2 aromatic rings. The summed E-state index contributed by atoms with van der Waals surface area (Å²) in [5.74, 6) is 6.21. The summed E-state index contributed by atoms with van der Waals surface area (Å²) in [4.78, 5) is 11.3. The molecule has 2 rings (SSSR count). The van der Waals surface area contributed by atoms with Gasteiger partial charge in [-0.15, -0.1) is 0 Å². The van der Waals surface area contributed by atoms with Gasteiger partial charge in [-0.2, -0.15) is 0 Å². The second-order valence-electron chi connectivity index (χ2n) is 4.27. The van der Waals surface area contributed by atoms with Gasteiger partial charge in [-0.25, -0.2) is 5.84 Å². The predicted octanol–water partition coefficient (Wildman–Crippen LogP) is 2.08. The average molecular weight is 260 g/mol. The van der Waals surface area contributed by atoms with Crippen LogP contribution in [0.1, 0.15) is 27.4 Å². The van der Waals surface area contributed by atoms with E-state index in [1.807, 2.05) is 36.6 Å². The molecule has 0 saturated carbocycles. The number of rotatable bonds is 4. The van der Waals surface area contributed by atoms with Crippen molar-refractivity contribution in [2.45, 2.75) is 20.5 Å². The number of nitrogens with one attached hydrogen (secondary N) is 1. The molecule has 1 heterocycles. The molecular weight excluding hydrogens is 244 g/mol. The highest BCUT2D eigenvalue weighted by Crippen LogP contribution is 2.18. The number of hydrogen-bond acceptors (Lipinski definition) is 4. The van der Waals surface area contributed by atoms with Crippen molar-refractivity contribution < 1.29 is 13.9 Å². The first-order chi connectivity index (χ1) is 9.10. The van der Waals surface area contributed by atoms with Gasteiger partial charge in [-0.3, -0.25) is 10.2 Å². The van der Waals surface area contributed by atoms with E-state index in [-0.39, 0.29) is 5.76 Å². The fourth-order valence-electron chi connectivity index (χ4n) is 1.71. The van der Waals surface area contributed by atoms with Gasteiger partial charge in [0.05, 0.1) is 0 Å². The molecule has 5 heteroatoms. The van der Waals surface area contributed by atoms with Crippen LogP contribution in [-0.2, 0) is 6.61 Å². The number of nitrogens with two attached hydrogens (primary N) is 1. The van der Waals surface area contributed by atoms with E-state index in [1.54, 1.807) is 13.0 Å². The first kappa shape index (κ1) is 13.2. The molecule has 5 nitrogen and oxygen atoms in total. The first-order valence-corrected chi connectivity index (χ1v) is 5.90. The normalized spacial score (nSPS) is 10.3. The van der Waals surface area contributed by atoms with E-state index in [0.717, 1.165) is 16.9 Å². The molecule has 0 radical (unpaired) electrons. The predicted molar refractivity (Wildman–Crippen MR) is 70.6 cm³/mol. The van der Waals surface area contributed by atoms with Gasteiger partial charge in [0.25, 0.3) is 0 Å². The van der Waals surface area contributed by atoms with E-state index in [9.17, 15) is 4.79 Å². The summed E-state index contributed by atoms with van der Waals surface area (Å²) in [7, 11) is 0. The number of benzene rings is 1. The Hall–Kier alpha value is -2.27. The van der Waals surface area contributed by atoms with Crippen molar-refractivity contribution in [1.82, 2.24) is 5.43 Å². The number of hydrazine groups is 1. The summed E-state index contributed by atoms with van der Waals surface area (Å²) >= 11 is 0. The standard InChI is InChI=1S/C14H16N2O3/c1-9-4-3-5-12(6-9)18-8-11-7-13(14(17)16-15)19-10(11)2/h3-7H,8,15H2,1-2H3,(H,16,17). The smallest absolute Gasteiger partial charge is 0.300 e. The lowest BCUT2D eigenvalue weighted by molar-refractivity contribution is 0.0924. The third-order valence-corrected chi connectivity index (χ3v) is 2.76. The van der Waals surface area contributed by atoms with Crippen LogP contribution in [0.3, 0.4) is 0 Å². The summed E-state index contributed by atoms with van der Waals surface area (Å²) in [6.07, 6.45) is 0. The molecule has 3 N–H and O–H groups in total. The fraction of sp³-hybridized carbons (Fsp3) is 0.214. The molecule has 0 unspecified atom stereocenters. The maximum Gasteiger partial charge on any atom is 0.300 e. The number of amides is 1. The Labute approximate surface area is 111 Å². The molecular formula is C14H16N2O3. The van der Waals surface area contributed by atoms with E-state index in [1.165, 1.54) is 0 Å². The van der Waals surface area contributed by atoms with Crippen LogP contribution < -0.4 is 16.0 Å². The molecule has 1 aromatic heterocycles. The number of aryl methyl sites for hydroxylation is 2. The number of hydrogen-bond donors (Lipinski definition) is 2. The number of ether oxygens (including phenoxy) is 1. The van der Waals surface area contributed by atoms with E-state index < -0.39 is 5.91 Å². The maximum atomic E-state index is 11.3. The summed E-state index contributed by atoms with van der Waals surface area (Å²) in [5, 5.41) is 0. The molecule has 0 spiro atoms. The van der Waals surface area contributed by atoms with Crippen molar-refractivity contribution in [2.75, 3.05) is 0 Å². The van der Waals surface area contributed by atoms with E-state index in [0.29, 0.717) is 12.4 Å². The number of carbonyl (C=O) groups excluding carboxylic acids is 1. The van der Waals surface area contributed by atoms with Gasteiger partial charge in [0.2, 0.25) is 0 Å². The van der Waals surface area contributed by atoms with Gasteiger partial charge < -0.3 is 9.15 Å². The van der Waals surface area contributed by atoms with Crippen LogP contribution in [0, 0.1) is 13.8 Å². The highest BCUT2D eigenvalue weighted by atomic mass is 16.5. The minimum atomic E-state index is -0.454. The van der Waals surface area contributed by atoms with E-state index in [4.69, 9.17) is 15.0 Å². The molecule has 0 fully saturated rings. The lowest BCUT2D eigenvalue weighted by Crippen LogP contribution is -2.29. The minimum absolute atomic E-state index is 0.183. The minimum Gasteiger partial charge on any atom is -0.489 e. The van der Waals surface area contributed by atoms with Gasteiger partial charge in [0.15, 0.2) is 5.76 Å². The zero-order chi connectivity index (χ0) is 13.8. The van der Waals surface area contributed by atoms with Crippen LogP contribution in [0.25, 0.3) is 0 Å². The molecule has 0 bridgehead atoms. The monoisotopic (exact) mass is 260 g/mol. The number of furan rings is 1. The molecule has 0 aliphatic heterocycles. The molecule has 19 heavy (non-hydrogen) atoms. The van der Waals surface area contributed by atoms with Crippen LogP contribution in [0.2, 0.25) is 0 Å². The second-order valence-corrected chi connectivity index (χ2v) is 4.27. The van der Waals surface area contributed by atoms with Crippen LogP contribution in [-0.4, -0.2) is 5.91 Å². The average Bonchev–Trinajstić information content (AvgIpc) is 2.77. The van der Waals surface area contributed by atoms with Gasteiger partial charge >= 0.3 is 5.91 Å². The molecule has 0 aliphatic rings. The van der Waals surface area contributed by atoms with E-state index >= 15 is 0 Å². The van der Waals surface area contributed by atoms with Gasteiger partial charge in [0, 0.05) is 5.56 Å². The van der Waals surface area contributed by atoms with Crippen molar-refractivity contribution in [3.8, 4) is 5.75 Å². The van der Waals surface area contributed by atoms with E-state index in [2.05, 4.69) is 0 Å². The quantitative estimate of drug-likeness (QED) is 0.501. The zero-order valence-corrected chi connectivity index (χ0v) is 10.9. The van der Waals surface area contributed by atoms with Gasteiger partial charge in [-0.1, -0.05) is 12.1 Å². The van der Waals surface area contributed by atoms with Crippen LogP contribution in [0.5, 0.6) is 5.75 Å². The lowest BCUT2D eigenvalue weighted by atomic mass is 10.2. The SMILES string of the molecule is Cc1cccc(OCc2cc(C(=O)NN)oc2C)c1. The molecule has 0 saturated heterocycles. The summed E-state index contributed by atoms with van der Waals surface area (Å²) in [5.41, 5.74) is 3.98. The lowest BCUT2D eigenvalue weighted by Gasteiger charge is -2.05. The van der Waals surface area contributed by atoms with Gasteiger partial charge in [0.1, 0.15) is 18.1 Å². The molecule has 0 aliphatic carbocycles. The molecule has 1 aromatic carbocycles. The Morgan fingerprint density at radius 3 is 2.84 bits per heavy atom. The third kappa shape index (κ3) is 3.14. The van der Waals surface area contributed by atoms with Crippen LogP contribution >= 0.6 is 0 Å². The molecule has 0 atom stereocenters. The Bertz CT molecular complexity index is 590. The largest absolute Gasteiger partial charge is 0.489 e. The Balaban J connectivity index is 2.07. The van der Waals surface area contributed by atoms with Crippen LogP contribution in [0.15, 0.2) is 34.7 Å². The van der Waals surface area contributed by atoms with Crippen LogP contribution in [0.4, 0.5) is 0 Å². The topological polar surface area (TPSA) is 77.5 Å². The highest BCUT2D eigenvalue weighted by molar-refractivity contribution is 5.91. The van der Waals surface area contributed by atoms with Crippen molar-refractivity contribution >= 4 is 5.91 Å². The maximum absolute atomic E-state index is 11.3. The second kappa shape index (κ2) is 5.58. The Morgan fingerprint density at radius 2 is 2.16 bits per heavy atom. The third-order valence-electron chi connectivity index (χ3n) is 2.76. The first-order valence-electron chi connectivity index (χ1n) is 5.90. The number of nitrogen functional groups attached to an aromatic ring is 1. The number of carbonyl (C=O) groups is 1. The highest BCUT2D eigenvalue weighted by Gasteiger charge is 2.13. The van der Waals surface area contributed by atoms with Gasteiger partial charge in [-0.05, 0) is 37.6 Å². The fourth-order valence-corrected chi connectivity index (χ4v) is 1.71. The van der Waals surface area contributed by atoms with Crippen molar-refractivity contribution in [1.29, 1.82) is 0 Å². The van der Waals surface area contributed by atoms with Crippen molar-refractivity contribution in [3.63, 3.8) is 0 Å². The molecule has 1 amide bonds. The summed E-state index contributed by atoms with van der Waals surface area (Å²) < 4.78 is 11.0. The Morgan fingerprint density at radius 1 is 1.37 bits per heavy atom. The Kier molecular flexibility index (Phi) is 3.87. The van der Waals surface area contributed by atoms with Crippen molar-refractivity contribution in [3.05, 3.63) is 53.0 Å². The summed E-state index contributed by atoms with van der Waals surface area (Å²) in [6.45, 7) is 4.12. The summed E-state index contributed by atoms with van der Waals surface area (Å²) in [6, 6.07) is 9.39. The zero-order valence-electron chi connectivity index (χ0n) is 10.9. The van der Waals surface area contributed by atoms with Crippen molar-refractivity contribution in [2.24, 2.45) is 5.84 Å².